The molecule has 1 aromatic heterocycles. The molecule has 0 amide bonds. The van der Waals surface area contributed by atoms with Crippen LogP contribution >= 0.6 is 11.3 Å². The Morgan fingerprint density at radius 2 is 2.15 bits per heavy atom. The van der Waals surface area contributed by atoms with E-state index >= 15 is 0 Å². The van der Waals surface area contributed by atoms with Gasteiger partial charge in [-0.1, -0.05) is 26.0 Å². The van der Waals surface area contributed by atoms with Gasteiger partial charge in [0.1, 0.15) is 0 Å². The van der Waals surface area contributed by atoms with E-state index in [4.69, 9.17) is 4.74 Å². The summed E-state index contributed by atoms with van der Waals surface area (Å²) in [4.78, 5) is 4.52. The molecule has 20 heavy (non-hydrogen) atoms. The molecule has 0 aliphatic carbocycles. The van der Waals surface area contributed by atoms with Crippen LogP contribution in [0.5, 0.6) is 5.75 Å². The summed E-state index contributed by atoms with van der Waals surface area (Å²) < 4.78 is 18.8. The van der Waals surface area contributed by atoms with Crippen LogP contribution in [0, 0.1) is 5.82 Å². The molecule has 0 saturated heterocycles. The minimum Gasteiger partial charge on any atom is -0.490 e. The molecule has 0 radical (unpaired) electrons. The average molecular weight is 294 g/mol. The third-order valence-corrected chi connectivity index (χ3v) is 3.66. The number of nitrogens with zero attached hydrogens (tertiary/aromatic N) is 1. The smallest absolute Gasteiger partial charge is 0.165 e. The van der Waals surface area contributed by atoms with Crippen molar-refractivity contribution in [1.29, 1.82) is 0 Å². The number of nitrogens with one attached hydrogen (secondary N) is 1. The molecule has 0 unspecified atom stereocenters. The van der Waals surface area contributed by atoms with E-state index in [0.29, 0.717) is 24.8 Å². The molecule has 0 aliphatic heterocycles. The normalized spacial score (nSPS) is 11.0. The summed E-state index contributed by atoms with van der Waals surface area (Å²) >= 11 is 1.62. The molecule has 1 heterocycles. The molecule has 0 atom stereocenters. The molecule has 3 nitrogen and oxygen atoms in total. The van der Waals surface area contributed by atoms with Gasteiger partial charge in [-0.15, -0.1) is 11.3 Å². The Morgan fingerprint density at radius 1 is 1.35 bits per heavy atom. The molecular weight excluding hydrogens is 275 g/mol. The molecule has 108 valence electrons. The van der Waals surface area contributed by atoms with Crippen LogP contribution in [0.15, 0.2) is 29.6 Å². The molecule has 1 aromatic carbocycles. The quantitative estimate of drug-likeness (QED) is 0.850. The van der Waals surface area contributed by atoms with E-state index < -0.39 is 0 Å². The van der Waals surface area contributed by atoms with Crippen molar-refractivity contribution >= 4 is 11.3 Å². The third-order valence-electron chi connectivity index (χ3n) is 2.70. The van der Waals surface area contributed by atoms with Crippen molar-refractivity contribution in [1.82, 2.24) is 10.3 Å². The Balaban J connectivity index is 1.78. The highest BCUT2D eigenvalue weighted by atomic mass is 32.1. The molecule has 0 spiro atoms. The minimum atomic E-state index is -0.325. The van der Waals surface area contributed by atoms with Crippen LogP contribution in [-0.4, -0.2) is 17.6 Å². The lowest BCUT2D eigenvalue weighted by Gasteiger charge is -2.06. The van der Waals surface area contributed by atoms with E-state index in [1.165, 1.54) is 6.07 Å². The first-order valence-corrected chi connectivity index (χ1v) is 7.57. The molecule has 2 rings (SSSR count). The first-order valence-electron chi connectivity index (χ1n) is 6.69. The maximum absolute atomic E-state index is 13.3. The van der Waals surface area contributed by atoms with Crippen molar-refractivity contribution in [2.75, 3.05) is 6.61 Å². The molecule has 0 aliphatic rings. The number of halogens is 1. The first-order chi connectivity index (χ1) is 9.65. The zero-order chi connectivity index (χ0) is 14.4. The van der Waals surface area contributed by atoms with Gasteiger partial charge in [0, 0.05) is 24.4 Å². The lowest BCUT2D eigenvalue weighted by molar-refractivity contribution is 0.305. The highest BCUT2D eigenvalue weighted by molar-refractivity contribution is 7.09. The van der Waals surface area contributed by atoms with Gasteiger partial charge >= 0.3 is 0 Å². The Bertz CT molecular complexity index is 542. The number of thiazole rings is 1. The van der Waals surface area contributed by atoms with Gasteiger partial charge in [0.25, 0.3) is 0 Å². The summed E-state index contributed by atoms with van der Waals surface area (Å²) in [5.41, 5.74) is 1.05. The fraction of sp³-hybridized carbons (Fsp3) is 0.400. The van der Waals surface area contributed by atoms with Crippen LogP contribution in [0.3, 0.4) is 0 Å². The van der Waals surface area contributed by atoms with Crippen molar-refractivity contribution in [3.8, 4) is 5.75 Å². The van der Waals surface area contributed by atoms with Gasteiger partial charge in [0.2, 0.25) is 0 Å². The van der Waals surface area contributed by atoms with Gasteiger partial charge in [-0.25, -0.2) is 9.37 Å². The minimum absolute atomic E-state index is 0.297. The lowest BCUT2D eigenvalue weighted by Crippen LogP contribution is -2.21. The number of ether oxygens (including phenoxy) is 1. The second-order valence-corrected chi connectivity index (χ2v) is 5.74. The van der Waals surface area contributed by atoms with Crippen LogP contribution in [0.1, 0.15) is 24.5 Å². The Hall–Kier alpha value is -1.46. The van der Waals surface area contributed by atoms with Crippen molar-refractivity contribution in [2.24, 2.45) is 0 Å². The zero-order valence-electron chi connectivity index (χ0n) is 11.7. The van der Waals surface area contributed by atoms with Crippen LogP contribution in [0.25, 0.3) is 0 Å². The van der Waals surface area contributed by atoms with Crippen molar-refractivity contribution in [3.05, 3.63) is 46.2 Å². The summed E-state index contributed by atoms with van der Waals surface area (Å²) in [6.07, 6.45) is 0.695. The molecule has 0 saturated carbocycles. The topological polar surface area (TPSA) is 34.1 Å². The zero-order valence-corrected chi connectivity index (χ0v) is 12.5. The lowest BCUT2D eigenvalue weighted by atomic mass is 10.3. The predicted octanol–water partition coefficient (Wildman–Crippen LogP) is 3.40. The summed E-state index contributed by atoms with van der Waals surface area (Å²) in [5, 5.41) is 6.39. The van der Waals surface area contributed by atoms with Crippen molar-refractivity contribution in [2.45, 2.75) is 32.9 Å². The van der Waals surface area contributed by atoms with E-state index in [1.54, 1.807) is 29.5 Å². The second kappa shape index (κ2) is 7.36. The highest BCUT2D eigenvalue weighted by Crippen LogP contribution is 2.16. The molecule has 5 heteroatoms. The summed E-state index contributed by atoms with van der Waals surface area (Å²) in [6.45, 7) is 5.43. The Labute approximate surface area is 122 Å². The maximum Gasteiger partial charge on any atom is 0.165 e. The molecule has 1 N–H and O–H groups in total. The predicted molar refractivity (Wildman–Crippen MR) is 79.7 cm³/mol. The van der Waals surface area contributed by atoms with E-state index in [9.17, 15) is 4.39 Å². The maximum atomic E-state index is 13.3. The number of aromatic nitrogens is 1. The number of hydrogen-bond acceptors (Lipinski definition) is 4. The molecule has 2 aromatic rings. The van der Waals surface area contributed by atoms with Gasteiger partial charge in [-0.05, 0) is 12.1 Å². The number of rotatable bonds is 7. The summed E-state index contributed by atoms with van der Waals surface area (Å²) in [5.74, 6) is -0.0285. The fourth-order valence-electron chi connectivity index (χ4n) is 1.66. The second-order valence-electron chi connectivity index (χ2n) is 4.80. The van der Waals surface area contributed by atoms with E-state index in [0.717, 1.165) is 17.2 Å². The van der Waals surface area contributed by atoms with E-state index in [-0.39, 0.29) is 5.82 Å². The van der Waals surface area contributed by atoms with Gasteiger partial charge in [-0.3, -0.25) is 0 Å². The van der Waals surface area contributed by atoms with Crippen LogP contribution in [0.2, 0.25) is 0 Å². The van der Waals surface area contributed by atoms with E-state index in [1.807, 2.05) is 5.38 Å². The van der Waals surface area contributed by atoms with Gasteiger partial charge < -0.3 is 10.1 Å². The Kier molecular flexibility index (Phi) is 5.49. The standard InChI is InChI=1S/C15H19FN2OS/c1-11(2)17-9-12-10-20-15(18-12)7-8-19-14-6-4-3-5-13(14)16/h3-6,10-11,17H,7-9H2,1-2H3. The van der Waals surface area contributed by atoms with Gasteiger partial charge in [-0.2, -0.15) is 0 Å². The van der Waals surface area contributed by atoms with Gasteiger partial charge in [0.05, 0.1) is 17.3 Å². The summed E-state index contributed by atoms with van der Waals surface area (Å²) in [7, 11) is 0. The monoisotopic (exact) mass is 294 g/mol. The van der Waals surface area contributed by atoms with Crippen LogP contribution in [0.4, 0.5) is 4.39 Å². The van der Waals surface area contributed by atoms with E-state index in [2.05, 4.69) is 24.1 Å². The SMILES string of the molecule is CC(C)NCc1csc(CCOc2ccccc2F)n1. The van der Waals surface area contributed by atoms with Gasteiger partial charge in [0.15, 0.2) is 11.6 Å². The number of para-hydroxylation sites is 1. The summed E-state index contributed by atoms with van der Waals surface area (Å²) in [6, 6.07) is 6.89. The molecular formula is C15H19FN2OS. The fourth-order valence-corrected chi connectivity index (χ4v) is 2.44. The third kappa shape index (κ3) is 4.58. The average Bonchev–Trinajstić information content (AvgIpc) is 2.87. The van der Waals surface area contributed by atoms with Crippen molar-refractivity contribution < 1.29 is 9.13 Å². The Morgan fingerprint density at radius 3 is 2.90 bits per heavy atom. The number of hydrogen-bond donors (Lipinski definition) is 1. The van der Waals surface area contributed by atoms with Crippen molar-refractivity contribution in [3.63, 3.8) is 0 Å². The molecule has 0 bridgehead atoms. The van der Waals surface area contributed by atoms with Crippen LogP contribution < -0.4 is 10.1 Å². The highest BCUT2D eigenvalue weighted by Gasteiger charge is 2.05. The molecule has 0 fully saturated rings. The largest absolute Gasteiger partial charge is 0.490 e. The first kappa shape index (κ1) is 14.9. The van der Waals surface area contributed by atoms with Crippen LogP contribution in [-0.2, 0) is 13.0 Å². The number of benzene rings is 1.